The number of aromatic nitrogens is 2. The van der Waals surface area contributed by atoms with Crippen LogP contribution in [0.1, 0.15) is 30.0 Å². The van der Waals surface area contributed by atoms with E-state index >= 15 is 0 Å². The maximum absolute atomic E-state index is 13.9. The smallest absolute Gasteiger partial charge is 0.250 e. The molecule has 3 aliphatic rings. The zero-order valence-electron chi connectivity index (χ0n) is 23.5. The maximum Gasteiger partial charge on any atom is 0.250 e. The van der Waals surface area contributed by atoms with Gasteiger partial charge in [-0.15, -0.1) is 0 Å². The summed E-state index contributed by atoms with van der Waals surface area (Å²) in [6, 6.07) is 18.8. The van der Waals surface area contributed by atoms with Crippen LogP contribution >= 0.6 is 0 Å². The fourth-order valence-corrected chi connectivity index (χ4v) is 7.58. The molecule has 5 atom stereocenters. The number of hydrogen-bond acceptors (Lipinski definition) is 6. The summed E-state index contributed by atoms with van der Waals surface area (Å²) in [4.78, 5) is 28.9. The number of hydrogen-bond donors (Lipinski definition) is 3. The molecule has 4 aromatic rings. The molecule has 1 amide bonds. The fraction of sp³-hybridized carbons (Fsp3) is 0.375. The van der Waals surface area contributed by atoms with Crippen LogP contribution in [-0.4, -0.2) is 46.5 Å². The molecule has 1 saturated heterocycles. The predicted molar refractivity (Wildman–Crippen MR) is 158 cm³/mol. The van der Waals surface area contributed by atoms with E-state index in [4.69, 9.17) is 4.74 Å². The second kappa shape index (κ2) is 10.6. The van der Waals surface area contributed by atoms with Crippen LogP contribution in [0.15, 0.2) is 71.7 Å². The van der Waals surface area contributed by atoms with E-state index in [9.17, 15) is 20.0 Å². The molecule has 0 aliphatic carbocycles. The molecule has 10 heteroatoms. The van der Waals surface area contributed by atoms with E-state index in [1.54, 1.807) is 25.3 Å². The minimum Gasteiger partial charge on any atom is -0.595 e. The molecule has 2 bridgehead atoms. The first-order chi connectivity index (χ1) is 20.4. The molecule has 1 fully saturated rings. The number of benzene rings is 2. The monoisotopic (exact) mass is 569 g/mol. The molecule has 5 unspecified atom stereocenters. The number of anilines is 1. The Hall–Kier alpha value is -4.12. The topological polar surface area (TPSA) is 116 Å². The van der Waals surface area contributed by atoms with E-state index < -0.39 is 5.23 Å². The highest BCUT2D eigenvalue weighted by atomic mass is 16.8. The van der Waals surface area contributed by atoms with Gasteiger partial charge in [-0.1, -0.05) is 6.07 Å². The van der Waals surface area contributed by atoms with Gasteiger partial charge in [0.05, 0.1) is 13.0 Å². The van der Waals surface area contributed by atoms with Crippen molar-refractivity contribution in [3.05, 3.63) is 93.7 Å². The van der Waals surface area contributed by atoms with Gasteiger partial charge in [0.15, 0.2) is 5.69 Å². The summed E-state index contributed by atoms with van der Waals surface area (Å²) in [5.41, 5.74) is 4.31. The van der Waals surface area contributed by atoms with Crippen LogP contribution in [0.5, 0.6) is 5.75 Å². The molecule has 2 aromatic heterocycles. The lowest BCUT2D eigenvalue weighted by atomic mass is 9.70. The summed E-state index contributed by atoms with van der Waals surface area (Å²) in [5, 5.41) is 24.8. The molecule has 7 rings (SSSR count). The number of methoxy groups -OCH3 is 1. The van der Waals surface area contributed by atoms with Gasteiger partial charge in [0.2, 0.25) is 5.91 Å². The number of aryl methyl sites for hydroxylation is 1. The first-order valence-corrected chi connectivity index (χ1v) is 14.6. The van der Waals surface area contributed by atoms with Crippen molar-refractivity contribution in [3.63, 3.8) is 0 Å². The van der Waals surface area contributed by atoms with E-state index in [-0.39, 0.29) is 40.9 Å². The summed E-state index contributed by atoms with van der Waals surface area (Å²) < 4.78 is 9.41. The second-order valence-corrected chi connectivity index (χ2v) is 11.8. The molecule has 0 saturated carbocycles. The van der Waals surface area contributed by atoms with Gasteiger partial charge in [0.25, 0.3) is 5.56 Å². The number of ether oxygens (including phenoxy) is 1. The van der Waals surface area contributed by atoms with Crippen molar-refractivity contribution in [1.29, 1.82) is 0 Å². The summed E-state index contributed by atoms with van der Waals surface area (Å²) in [6.07, 6.45) is 4.24. The van der Waals surface area contributed by atoms with Crippen LogP contribution in [0.3, 0.4) is 0 Å². The second-order valence-electron chi connectivity index (χ2n) is 11.8. The lowest BCUT2D eigenvalue weighted by Gasteiger charge is -2.54. The van der Waals surface area contributed by atoms with E-state index in [2.05, 4.69) is 33.1 Å². The molecule has 218 valence electrons. The van der Waals surface area contributed by atoms with Gasteiger partial charge < -0.3 is 29.3 Å². The molecular formula is C32H35N5O5. The minimum absolute atomic E-state index is 0.00920. The van der Waals surface area contributed by atoms with Crippen molar-refractivity contribution in [3.8, 4) is 5.75 Å². The predicted octanol–water partition coefficient (Wildman–Crippen LogP) is 2.59. The number of amides is 1. The molecule has 0 spiro atoms. The Bertz CT molecular complexity index is 1710. The molecule has 2 aromatic carbocycles. The number of nitrogens with zero attached hydrogens (tertiary/aromatic N) is 3. The van der Waals surface area contributed by atoms with Crippen molar-refractivity contribution in [2.24, 2.45) is 11.8 Å². The highest BCUT2D eigenvalue weighted by molar-refractivity contribution is 5.83. The largest absolute Gasteiger partial charge is 0.595 e. The van der Waals surface area contributed by atoms with Crippen LogP contribution in [0.25, 0.3) is 10.9 Å². The first-order valence-electron chi connectivity index (χ1n) is 14.6. The molecule has 3 aliphatic heterocycles. The number of quaternary nitrogens is 1. The molecule has 5 heterocycles. The van der Waals surface area contributed by atoms with Gasteiger partial charge >= 0.3 is 0 Å². The zero-order chi connectivity index (χ0) is 29.0. The lowest BCUT2D eigenvalue weighted by molar-refractivity contribution is -0.991. The summed E-state index contributed by atoms with van der Waals surface area (Å²) in [7, 11) is 1.66. The van der Waals surface area contributed by atoms with Gasteiger partial charge in [0.1, 0.15) is 5.75 Å². The molecule has 10 nitrogen and oxygen atoms in total. The third kappa shape index (κ3) is 4.56. The molecule has 42 heavy (non-hydrogen) atoms. The standard InChI is InChI=1S/C32H35N5O5/c1-42-25-7-9-27-20(16-25)10-13-34(27)12-3-11-33-32(39)26-17-21-15-24(37(40)41)6-8-29(21)36-18-22-14-23(31(26)36)19-35-28(22)4-2-5-30(35)38/h2,4-10,13,15-16,22-23,26,31,37,40H,3,11-12,14,17-19H2,1H3,(H,33,39). The van der Waals surface area contributed by atoms with E-state index in [0.717, 1.165) is 53.0 Å². The lowest BCUT2D eigenvalue weighted by Crippen LogP contribution is -2.99. The summed E-state index contributed by atoms with van der Waals surface area (Å²) >= 11 is 0. The van der Waals surface area contributed by atoms with Crippen molar-refractivity contribution in [1.82, 2.24) is 14.5 Å². The van der Waals surface area contributed by atoms with Gasteiger partial charge in [-0.3, -0.25) is 9.59 Å². The van der Waals surface area contributed by atoms with E-state index in [1.165, 1.54) is 0 Å². The third-order valence-corrected chi connectivity index (χ3v) is 9.44. The van der Waals surface area contributed by atoms with Gasteiger partial charge in [0, 0.05) is 84.8 Å². The maximum atomic E-state index is 13.9. The van der Waals surface area contributed by atoms with Gasteiger partial charge in [-0.25, -0.2) is 5.21 Å². The first kappa shape index (κ1) is 26.8. The van der Waals surface area contributed by atoms with E-state index in [0.29, 0.717) is 26.1 Å². The van der Waals surface area contributed by atoms with Crippen LogP contribution in [0.4, 0.5) is 11.4 Å². The van der Waals surface area contributed by atoms with Crippen molar-refractivity contribution >= 4 is 28.2 Å². The minimum atomic E-state index is -0.972. The number of nitrogens with one attached hydrogen (secondary N) is 2. The Labute approximate surface area is 243 Å². The third-order valence-electron chi connectivity index (χ3n) is 9.44. The van der Waals surface area contributed by atoms with E-state index in [1.807, 2.05) is 34.9 Å². The number of carbonyl (C=O) groups is 1. The number of rotatable bonds is 7. The quantitative estimate of drug-likeness (QED) is 0.233. The van der Waals surface area contributed by atoms with Gasteiger partial charge in [-0.2, -0.15) is 5.23 Å². The molecular weight excluding hydrogens is 534 g/mol. The highest BCUT2D eigenvalue weighted by Crippen LogP contribution is 2.47. The van der Waals surface area contributed by atoms with Gasteiger partial charge in [-0.05, 0) is 67.1 Å². The number of pyridine rings is 1. The highest BCUT2D eigenvalue weighted by Gasteiger charge is 2.49. The Balaban J connectivity index is 1.12. The summed E-state index contributed by atoms with van der Waals surface area (Å²) in [6.45, 7) is 2.59. The van der Waals surface area contributed by atoms with Crippen LogP contribution in [0, 0.1) is 17.0 Å². The summed E-state index contributed by atoms with van der Waals surface area (Å²) in [5.74, 6) is 0.796. The number of piperidine rings is 1. The Kier molecular flexibility index (Phi) is 6.76. The fourth-order valence-electron chi connectivity index (χ4n) is 7.58. The number of fused-ring (bicyclic) bond motifs is 9. The average molecular weight is 570 g/mol. The average Bonchev–Trinajstić information content (AvgIpc) is 3.41. The Morgan fingerprint density at radius 1 is 1.14 bits per heavy atom. The van der Waals surface area contributed by atoms with Crippen LogP contribution < -0.4 is 25.7 Å². The van der Waals surface area contributed by atoms with Crippen LogP contribution in [-0.2, 0) is 24.3 Å². The Morgan fingerprint density at radius 2 is 2.02 bits per heavy atom. The normalized spacial score (nSPS) is 23.1. The van der Waals surface area contributed by atoms with Crippen LogP contribution in [0.2, 0.25) is 0 Å². The van der Waals surface area contributed by atoms with Crippen molar-refractivity contribution in [2.45, 2.75) is 44.3 Å². The van der Waals surface area contributed by atoms with Crippen molar-refractivity contribution in [2.75, 3.05) is 25.1 Å². The zero-order valence-corrected chi connectivity index (χ0v) is 23.5. The number of carbonyl (C=O) groups excluding carboxylic acids is 1. The Morgan fingerprint density at radius 3 is 2.86 bits per heavy atom. The molecule has 0 radical (unpaired) electrons. The SMILES string of the molecule is COc1ccc2c(ccn2CCCNC(=O)C2Cc3cc([NH+]([O-])O)ccc3N3CC4CC(Cn5c4cccc5=O)C23)c1. The molecule has 3 N–H and O–H groups in total. The van der Waals surface area contributed by atoms with Crippen molar-refractivity contribution < 1.29 is 20.0 Å².